The minimum atomic E-state index is -0.106. The number of aromatic nitrogens is 3. The van der Waals surface area contributed by atoms with E-state index in [0.717, 1.165) is 11.5 Å². The molecular formula is C11H17N5. The van der Waals surface area contributed by atoms with Gasteiger partial charge in [0.15, 0.2) is 5.65 Å². The first-order chi connectivity index (χ1) is 7.54. The van der Waals surface area contributed by atoms with E-state index in [1.54, 1.807) is 10.7 Å². The maximum atomic E-state index is 5.75. The molecule has 2 rings (SSSR count). The number of rotatable bonds is 3. The molecule has 0 radical (unpaired) electrons. The molecule has 16 heavy (non-hydrogen) atoms. The molecule has 0 aromatic carbocycles. The molecule has 0 spiro atoms. The fourth-order valence-electron chi connectivity index (χ4n) is 1.44. The van der Waals surface area contributed by atoms with Crippen LogP contribution < -0.4 is 10.6 Å². The third kappa shape index (κ3) is 1.74. The lowest BCUT2D eigenvalue weighted by molar-refractivity contribution is 0.494. The van der Waals surface area contributed by atoms with Crippen LogP contribution in [0.25, 0.3) is 5.65 Å². The van der Waals surface area contributed by atoms with Gasteiger partial charge in [-0.1, -0.05) is 0 Å². The van der Waals surface area contributed by atoms with E-state index in [1.807, 2.05) is 25.4 Å². The highest BCUT2D eigenvalue weighted by Crippen LogP contribution is 2.19. The first kappa shape index (κ1) is 10.9. The van der Waals surface area contributed by atoms with Crippen LogP contribution in [0, 0.1) is 0 Å². The maximum absolute atomic E-state index is 5.75. The highest BCUT2D eigenvalue weighted by Gasteiger charge is 2.22. The summed E-state index contributed by atoms with van der Waals surface area (Å²) < 4.78 is 1.74. The number of hydrogen-bond acceptors (Lipinski definition) is 4. The highest BCUT2D eigenvalue weighted by atomic mass is 15.3. The Bertz CT molecular complexity index is 488. The zero-order valence-electron chi connectivity index (χ0n) is 9.88. The van der Waals surface area contributed by atoms with E-state index in [9.17, 15) is 0 Å². The number of likely N-dealkylation sites (N-methyl/N-ethyl adjacent to an activating group) is 1. The standard InChI is InChI=1S/C11H17N5/c1-11(2,8-12)15(3)9-5-7-16-10(14-9)4-6-13-16/h4-7H,8,12H2,1-3H3. The molecule has 2 heterocycles. The van der Waals surface area contributed by atoms with Gasteiger partial charge in [-0.2, -0.15) is 5.10 Å². The molecule has 0 bridgehead atoms. The molecule has 2 N–H and O–H groups in total. The Hall–Kier alpha value is -1.62. The number of hydrogen-bond donors (Lipinski definition) is 1. The van der Waals surface area contributed by atoms with Gasteiger partial charge in [-0.3, -0.25) is 0 Å². The Kier molecular flexibility index (Phi) is 2.55. The molecule has 0 saturated carbocycles. The monoisotopic (exact) mass is 219 g/mol. The second kappa shape index (κ2) is 3.75. The van der Waals surface area contributed by atoms with Crippen molar-refractivity contribution in [2.75, 3.05) is 18.5 Å². The van der Waals surface area contributed by atoms with Gasteiger partial charge in [0, 0.05) is 31.4 Å². The molecule has 0 atom stereocenters. The maximum Gasteiger partial charge on any atom is 0.157 e. The summed E-state index contributed by atoms with van der Waals surface area (Å²) in [5.74, 6) is 0.906. The Morgan fingerprint density at radius 2 is 2.19 bits per heavy atom. The Morgan fingerprint density at radius 1 is 1.44 bits per heavy atom. The van der Waals surface area contributed by atoms with Gasteiger partial charge in [-0.05, 0) is 19.9 Å². The van der Waals surface area contributed by atoms with E-state index in [4.69, 9.17) is 5.73 Å². The van der Waals surface area contributed by atoms with Crippen LogP contribution >= 0.6 is 0 Å². The molecule has 0 saturated heterocycles. The number of nitrogens with two attached hydrogens (primary N) is 1. The van der Waals surface area contributed by atoms with Crippen molar-refractivity contribution in [3.05, 3.63) is 24.5 Å². The lowest BCUT2D eigenvalue weighted by Gasteiger charge is -2.35. The van der Waals surface area contributed by atoms with E-state index < -0.39 is 0 Å². The molecule has 0 amide bonds. The largest absolute Gasteiger partial charge is 0.353 e. The summed E-state index contributed by atoms with van der Waals surface area (Å²) in [6.07, 6.45) is 3.64. The van der Waals surface area contributed by atoms with Crippen molar-refractivity contribution >= 4 is 11.5 Å². The lowest BCUT2D eigenvalue weighted by atomic mass is 10.0. The Labute approximate surface area is 94.9 Å². The molecule has 0 unspecified atom stereocenters. The van der Waals surface area contributed by atoms with Crippen LogP contribution in [0.3, 0.4) is 0 Å². The molecule has 2 aromatic heterocycles. The van der Waals surface area contributed by atoms with Crippen LogP contribution in [0.1, 0.15) is 13.8 Å². The molecular weight excluding hydrogens is 202 g/mol. The first-order valence-electron chi connectivity index (χ1n) is 5.29. The van der Waals surface area contributed by atoms with Crippen LogP contribution in [-0.2, 0) is 0 Å². The number of anilines is 1. The lowest BCUT2D eigenvalue weighted by Crippen LogP contribution is -2.47. The van der Waals surface area contributed by atoms with Crippen molar-refractivity contribution in [3.8, 4) is 0 Å². The van der Waals surface area contributed by atoms with Gasteiger partial charge in [-0.15, -0.1) is 0 Å². The SMILES string of the molecule is CN(c1ccn2nccc2n1)C(C)(C)CN. The number of nitrogens with zero attached hydrogens (tertiary/aromatic N) is 4. The van der Waals surface area contributed by atoms with Crippen molar-refractivity contribution < 1.29 is 0 Å². The summed E-state index contributed by atoms with van der Waals surface area (Å²) in [7, 11) is 2.00. The van der Waals surface area contributed by atoms with Crippen molar-refractivity contribution in [1.29, 1.82) is 0 Å². The summed E-state index contributed by atoms with van der Waals surface area (Å²) in [6, 6.07) is 3.82. The second-order valence-corrected chi connectivity index (χ2v) is 4.50. The fourth-order valence-corrected chi connectivity index (χ4v) is 1.44. The van der Waals surface area contributed by atoms with Crippen molar-refractivity contribution in [2.24, 2.45) is 5.73 Å². The predicted molar refractivity (Wildman–Crippen MR) is 64.5 cm³/mol. The van der Waals surface area contributed by atoms with Crippen LogP contribution in [0.2, 0.25) is 0 Å². The van der Waals surface area contributed by atoms with Gasteiger partial charge in [0.25, 0.3) is 0 Å². The van der Waals surface area contributed by atoms with Gasteiger partial charge in [0.05, 0.1) is 6.20 Å². The van der Waals surface area contributed by atoms with E-state index in [2.05, 4.69) is 28.8 Å². The summed E-state index contributed by atoms with van der Waals surface area (Å²) in [5.41, 5.74) is 6.49. The number of fused-ring (bicyclic) bond motifs is 1. The molecule has 0 fully saturated rings. The van der Waals surface area contributed by atoms with E-state index >= 15 is 0 Å². The minimum Gasteiger partial charge on any atom is -0.353 e. The Morgan fingerprint density at radius 3 is 2.88 bits per heavy atom. The van der Waals surface area contributed by atoms with Crippen molar-refractivity contribution in [3.63, 3.8) is 0 Å². The zero-order chi connectivity index (χ0) is 11.8. The van der Waals surface area contributed by atoms with Crippen molar-refractivity contribution in [1.82, 2.24) is 14.6 Å². The van der Waals surface area contributed by atoms with Gasteiger partial charge >= 0.3 is 0 Å². The smallest absolute Gasteiger partial charge is 0.157 e. The quantitative estimate of drug-likeness (QED) is 0.833. The topological polar surface area (TPSA) is 59.5 Å². The normalized spacial score (nSPS) is 12.0. The van der Waals surface area contributed by atoms with E-state index in [1.165, 1.54) is 0 Å². The summed E-state index contributed by atoms with van der Waals surface area (Å²) >= 11 is 0. The third-order valence-corrected chi connectivity index (χ3v) is 2.99. The summed E-state index contributed by atoms with van der Waals surface area (Å²) in [4.78, 5) is 6.60. The molecule has 86 valence electrons. The fraction of sp³-hybridized carbons (Fsp3) is 0.455. The molecule has 0 aliphatic rings. The molecule has 5 heteroatoms. The third-order valence-electron chi connectivity index (χ3n) is 2.99. The van der Waals surface area contributed by atoms with Gasteiger partial charge in [0.2, 0.25) is 0 Å². The highest BCUT2D eigenvalue weighted by molar-refractivity contribution is 5.48. The Balaban J connectivity index is 2.39. The molecule has 0 aliphatic heterocycles. The van der Waals surface area contributed by atoms with Gasteiger partial charge in [0.1, 0.15) is 5.82 Å². The minimum absolute atomic E-state index is 0.106. The van der Waals surface area contributed by atoms with Crippen LogP contribution in [0.5, 0.6) is 0 Å². The molecule has 5 nitrogen and oxygen atoms in total. The average molecular weight is 219 g/mol. The van der Waals surface area contributed by atoms with E-state index in [0.29, 0.717) is 6.54 Å². The van der Waals surface area contributed by atoms with Gasteiger partial charge < -0.3 is 10.6 Å². The van der Waals surface area contributed by atoms with E-state index in [-0.39, 0.29) is 5.54 Å². The summed E-state index contributed by atoms with van der Waals surface area (Å²) in [5, 5.41) is 4.11. The zero-order valence-corrected chi connectivity index (χ0v) is 9.88. The van der Waals surface area contributed by atoms with Crippen molar-refractivity contribution in [2.45, 2.75) is 19.4 Å². The molecule has 0 aliphatic carbocycles. The molecule has 2 aromatic rings. The van der Waals surface area contributed by atoms with Crippen LogP contribution in [0.15, 0.2) is 24.5 Å². The predicted octanol–water partition coefficient (Wildman–Crippen LogP) is 0.903. The first-order valence-corrected chi connectivity index (χ1v) is 5.29. The second-order valence-electron chi connectivity index (χ2n) is 4.50. The van der Waals surface area contributed by atoms with Crippen LogP contribution in [-0.4, -0.2) is 33.7 Å². The van der Waals surface area contributed by atoms with Crippen LogP contribution in [0.4, 0.5) is 5.82 Å². The van der Waals surface area contributed by atoms with Gasteiger partial charge in [-0.25, -0.2) is 9.50 Å². The average Bonchev–Trinajstić information content (AvgIpc) is 2.74. The summed E-state index contributed by atoms with van der Waals surface area (Å²) in [6.45, 7) is 4.76.